The quantitative estimate of drug-likeness (QED) is 0.434. The summed E-state index contributed by atoms with van der Waals surface area (Å²) in [5.74, 6) is -0.233. The highest BCUT2D eigenvalue weighted by Crippen LogP contribution is 2.21. The molecule has 0 saturated carbocycles. The second-order valence-electron chi connectivity index (χ2n) is 7.41. The summed E-state index contributed by atoms with van der Waals surface area (Å²) in [6.07, 6.45) is 1.38. The number of aromatic nitrogens is 2. The number of benzene rings is 2. The number of carbonyl (C=O) groups is 2. The summed E-state index contributed by atoms with van der Waals surface area (Å²) in [6.45, 7) is 1.62. The Labute approximate surface area is 194 Å². The molecule has 0 spiro atoms. The van der Waals surface area contributed by atoms with Crippen LogP contribution in [0.5, 0.6) is 5.75 Å². The lowest BCUT2D eigenvalue weighted by Gasteiger charge is -2.14. The number of hydrogen-bond acceptors (Lipinski definition) is 5. The Hall–Kier alpha value is -3.97. The zero-order valence-electron chi connectivity index (χ0n) is 18.0. The number of amides is 1. The monoisotopic (exact) mass is 461 g/mol. The topological polar surface area (TPSA) is 90.3 Å². The number of nitrogens with one attached hydrogen (secondary N) is 1. The van der Waals surface area contributed by atoms with Crippen LogP contribution in [0.15, 0.2) is 71.7 Å². The van der Waals surface area contributed by atoms with Gasteiger partial charge in [0.1, 0.15) is 17.9 Å². The number of fused-ring (bicyclic) bond motifs is 1. The Bertz CT molecular complexity index is 1430. The predicted molar refractivity (Wildman–Crippen MR) is 127 cm³/mol. The van der Waals surface area contributed by atoms with Crippen molar-refractivity contribution in [2.45, 2.75) is 13.5 Å². The van der Waals surface area contributed by atoms with Crippen molar-refractivity contribution < 1.29 is 14.3 Å². The normalized spacial score (nSPS) is 10.8. The number of rotatable bonds is 6. The lowest BCUT2D eigenvalue weighted by molar-refractivity contribution is -0.116. The second-order valence-corrected chi connectivity index (χ2v) is 7.82. The largest absolute Gasteiger partial charge is 0.497 e. The highest BCUT2D eigenvalue weighted by Gasteiger charge is 2.19. The van der Waals surface area contributed by atoms with E-state index in [0.29, 0.717) is 33.4 Å². The molecule has 8 heteroatoms. The van der Waals surface area contributed by atoms with Crippen LogP contribution in [0, 0.1) is 6.92 Å². The second kappa shape index (κ2) is 9.26. The minimum absolute atomic E-state index is 0.0520. The molecule has 0 unspecified atom stereocenters. The molecule has 0 aliphatic rings. The molecule has 0 saturated heterocycles. The fraction of sp³-hybridized carbons (Fsp3) is 0.120. The van der Waals surface area contributed by atoms with Crippen LogP contribution in [-0.4, -0.2) is 28.4 Å². The van der Waals surface area contributed by atoms with Gasteiger partial charge >= 0.3 is 0 Å². The first-order valence-corrected chi connectivity index (χ1v) is 10.5. The van der Waals surface area contributed by atoms with Gasteiger partial charge in [-0.05, 0) is 55.5 Å². The number of methoxy groups -OCH3 is 1. The van der Waals surface area contributed by atoms with Crippen LogP contribution < -0.4 is 15.5 Å². The van der Waals surface area contributed by atoms with E-state index in [4.69, 9.17) is 16.3 Å². The van der Waals surface area contributed by atoms with Crippen molar-refractivity contribution in [1.29, 1.82) is 0 Å². The van der Waals surface area contributed by atoms with Crippen LogP contribution in [-0.2, 0) is 11.3 Å². The van der Waals surface area contributed by atoms with Crippen molar-refractivity contribution in [2.75, 3.05) is 12.4 Å². The third-order valence-electron chi connectivity index (χ3n) is 5.12. The van der Waals surface area contributed by atoms with Gasteiger partial charge in [-0.1, -0.05) is 23.7 Å². The van der Waals surface area contributed by atoms with Gasteiger partial charge in [0.25, 0.3) is 0 Å². The van der Waals surface area contributed by atoms with Gasteiger partial charge in [0.05, 0.1) is 28.8 Å². The molecular weight excluding hydrogens is 442 g/mol. The average molecular weight is 462 g/mol. The molecular formula is C25H20ClN3O4. The molecule has 33 heavy (non-hydrogen) atoms. The van der Waals surface area contributed by atoms with E-state index >= 15 is 0 Å². The summed E-state index contributed by atoms with van der Waals surface area (Å²) >= 11 is 6.14. The minimum Gasteiger partial charge on any atom is -0.497 e. The standard InChI is InChI=1S/C25H20ClN3O4/c1-15-7-12-18-24(32)19(23(31)16-8-10-17(33-2)11-9-16)13-29(25(18)27-15)14-22(30)28-21-6-4-3-5-20(21)26/h3-13H,14H2,1-2H3,(H,28,30). The smallest absolute Gasteiger partial charge is 0.244 e. The highest BCUT2D eigenvalue weighted by atomic mass is 35.5. The number of nitrogens with zero attached hydrogens (tertiary/aromatic N) is 2. The summed E-state index contributed by atoms with van der Waals surface area (Å²) < 4.78 is 6.63. The predicted octanol–water partition coefficient (Wildman–Crippen LogP) is 4.24. The van der Waals surface area contributed by atoms with E-state index in [0.717, 1.165) is 0 Å². The van der Waals surface area contributed by atoms with Gasteiger partial charge in [-0.15, -0.1) is 0 Å². The Balaban J connectivity index is 1.76. The van der Waals surface area contributed by atoms with Crippen LogP contribution in [0.2, 0.25) is 5.02 Å². The number of aryl methyl sites for hydroxylation is 1. The van der Waals surface area contributed by atoms with E-state index < -0.39 is 11.2 Å². The van der Waals surface area contributed by atoms with Crippen molar-refractivity contribution in [3.8, 4) is 5.75 Å². The first kappa shape index (κ1) is 22.2. The first-order chi connectivity index (χ1) is 15.9. The Morgan fingerprint density at radius 3 is 2.48 bits per heavy atom. The molecule has 0 atom stereocenters. The van der Waals surface area contributed by atoms with Crippen molar-refractivity contribution in [1.82, 2.24) is 9.55 Å². The molecule has 2 aromatic heterocycles. The SMILES string of the molecule is COc1ccc(C(=O)c2cn(CC(=O)Nc3ccccc3Cl)c3nc(C)ccc3c2=O)cc1. The molecule has 0 aliphatic carbocycles. The molecule has 166 valence electrons. The van der Waals surface area contributed by atoms with Crippen LogP contribution in [0.3, 0.4) is 0 Å². The summed E-state index contributed by atoms with van der Waals surface area (Å²) in [5, 5.41) is 3.41. The molecule has 4 aromatic rings. The summed E-state index contributed by atoms with van der Waals surface area (Å²) in [6, 6.07) is 16.7. The number of carbonyl (C=O) groups excluding carboxylic acids is 2. The number of ether oxygens (including phenoxy) is 1. The fourth-order valence-corrected chi connectivity index (χ4v) is 3.63. The van der Waals surface area contributed by atoms with Crippen LogP contribution in [0.1, 0.15) is 21.6 Å². The molecule has 0 bridgehead atoms. The van der Waals surface area contributed by atoms with E-state index in [1.54, 1.807) is 67.6 Å². The van der Waals surface area contributed by atoms with Crippen molar-refractivity contribution in [3.63, 3.8) is 0 Å². The third kappa shape index (κ3) is 4.63. The molecule has 2 aromatic carbocycles. The zero-order chi connectivity index (χ0) is 23.5. The average Bonchev–Trinajstić information content (AvgIpc) is 2.82. The fourth-order valence-electron chi connectivity index (χ4n) is 3.45. The van der Waals surface area contributed by atoms with E-state index in [9.17, 15) is 14.4 Å². The van der Waals surface area contributed by atoms with Gasteiger partial charge in [-0.25, -0.2) is 4.98 Å². The molecule has 0 fully saturated rings. The molecule has 0 aliphatic heterocycles. The highest BCUT2D eigenvalue weighted by molar-refractivity contribution is 6.33. The van der Waals surface area contributed by atoms with E-state index in [1.165, 1.54) is 17.9 Å². The first-order valence-electron chi connectivity index (χ1n) is 10.1. The van der Waals surface area contributed by atoms with E-state index in [2.05, 4.69) is 10.3 Å². The Morgan fingerprint density at radius 2 is 1.79 bits per heavy atom. The number of anilines is 1. The van der Waals surface area contributed by atoms with Crippen molar-refractivity contribution >= 4 is 40.0 Å². The molecule has 1 amide bonds. The van der Waals surface area contributed by atoms with Gasteiger partial charge in [0.15, 0.2) is 5.78 Å². The lowest BCUT2D eigenvalue weighted by Crippen LogP contribution is -2.25. The van der Waals surface area contributed by atoms with Gasteiger partial charge in [0.2, 0.25) is 11.3 Å². The van der Waals surface area contributed by atoms with Gasteiger partial charge in [-0.2, -0.15) is 0 Å². The Kier molecular flexibility index (Phi) is 6.24. The van der Waals surface area contributed by atoms with Crippen LogP contribution in [0.25, 0.3) is 11.0 Å². The number of pyridine rings is 2. The van der Waals surface area contributed by atoms with E-state index in [1.807, 2.05) is 0 Å². The zero-order valence-corrected chi connectivity index (χ0v) is 18.7. The minimum atomic E-state index is -0.453. The maximum Gasteiger partial charge on any atom is 0.244 e. The number of hydrogen-bond donors (Lipinski definition) is 1. The van der Waals surface area contributed by atoms with Crippen LogP contribution >= 0.6 is 11.6 Å². The number of para-hydroxylation sites is 1. The lowest BCUT2D eigenvalue weighted by atomic mass is 10.0. The van der Waals surface area contributed by atoms with Crippen molar-refractivity contribution in [3.05, 3.63) is 98.9 Å². The third-order valence-corrected chi connectivity index (χ3v) is 5.45. The molecule has 4 rings (SSSR count). The molecule has 1 N–H and O–H groups in total. The van der Waals surface area contributed by atoms with Gasteiger partial charge in [-0.3, -0.25) is 14.4 Å². The summed E-state index contributed by atoms with van der Waals surface area (Å²) in [4.78, 5) is 43.5. The molecule has 0 radical (unpaired) electrons. The maximum absolute atomic E-state index is 13.2. The van der Waals surface area contributed by atoms with E-state index in [-0.39, 0.29) is 23.4 Å². The molecule has 7 nitrogen and oxygen atoms in total. The van der Waals surface area contributed by atoms with Gasteiger partial charge in [0, 0.05) is 17.5 Å². The number of halogens is 1. The van der Waals surface area contributed by atoms with Crippen molar-refractivity contribution in [2.24, 2.45) is 0 Å². The molecule has 2 heterocycles. The summed E-state index contributed by atoms with van der Waals surface area (Å²) in [5.41, 5.74) is 1.30. The maximum atomic E-state index is 13.2. The van der Waals surface area contributed by atoms with Crippen LogP contribution in [0.4, 0.5) is 5.69 Å². The Morgan fingerprint density at radius 1 is 1.06 bits per heavy atom. The summed E-state index contributed by atoms with van der Waals surface area (Å²) in [7, 11) is 1.53. The van der Waals surface area contributed by atoms with Gasteiger partial charge < -0.3 is 14.6 Å². The number of ketones is 1.